The van der Waals surface area contributed by atoms with Gasteiger partial charge in [-0.15, -0.1) is 5.10 Å². The highest BCUT2D eigenvalue weighted by Crippen LogP contribution is 2.25. The summed E-state index contributed by atoms with van der Waals surface area (Å²) in [5.74, 6) is 1.10. The first-order valence-corrected chi connectivity index (χ1v) is 9.95. The number of anilines is 1. The number of nitrogens with zero attached hydrogens (tertiary/aromatic N) is 6. The van der Waals surface area contributed by atoms with Gasteiger partial charge in [-0.25, -0.2) is 14.2 Å². The van der Waals surface area contributed by atoms with E-state index < -0.39 is 0 Å². The molecule has 0 unspecified atom stereocenters. The second kappa shape index (κ2) is 7.79. The Bertz CT molecular complexity index is 1240. The fourth-order valence-corrected chi connectivity index (χ4v) is 3.38. The molecule has 0 aliphatic heterocycles. The van der Waals surface area contributed by atoms with E-state index in [9.17, 15) is 0 Å². The topological polar surface area (TPSA) is 72.9 Å². The number of rotatable bonds is 6. The second-order valence-electron chi connectivity index (χ2n) is 6.99. The molecule has 7 nitrogen and oxygen atoms in total. The Morgan fingerprint density at radius 3 is 2.53 bits per heavy atom. The van der Waals surface area contributed by atoms with E-state index in [4.69, 9.17) is 5.10 Å². The number of fused-ring (bicyclic) bond motifs is 1. The highest BCUT2D eigenvalue weighted by atomic mass is 15.4. The zero-order valence-electron chi connectivity index (χ0n) is 16.6. The van der Waals surface area contributed by atoms with Crippen LogP contribution in [0.4, 0.5) is 5.95 Å². The van der Waals surface area contributed by atoms with E-state index in [1.165, 1.54) is 5.56 Å². The maximum Gasteiger partial charge on any atom is 0.253 e. The summed E-state index contributed by atoms with van der Waals surface area (Å²) in [7, 11) is 0. The fraction of sp³-hybridized carbons (Fsp3) is 0.130. The Morgan fingerprint density at radius 2 is 1.77 bits per heavy atom. The molecule has 0 amide bonds. The van der Waals surface area contributed by atoms with Crippen molar-refractivity contribution in [3.05, 3.63) is 90.4 Å². The lowest BCUT2D eigenvalue weighted by Gasteiger charge is -2.04. The van der Waals surface area contributed by atoms with Crippen LogP contribution in [-0.4, -0.2) is 29.4 Å². The third-order valence-corrected chi connectivity index (χ3v) is 5.00. The predicted molar refractivity (Wildman–Crippen MR) is 116 cm³/mol. The van der Waals surface area contributed by atoms with E-state index >= 15 is 0 Å². The third kappa shape index (κ3) is 3.53. The van der Waals surface area contributed by atoms with E-state index in [2.05, 4.69) is 57.8 Å². The van der Waals surface area contributed by atoms with Crippen molar-refractivity contribution in [2.45, 2.75) is 19.9 Å². The molecule has 3 aromatic heterocycles. The molecule has 0 spiro atoms. The molecule has 0 bridgehead atoms. The van der Waals surface area contributed by atoms with Crippen LogP contribution < -0.4 is 5.32 Å². The number of benzene rings is 2. The molecule has 0 radical (unpaired) electrons. The van der Waals surface area contributed by atoms with Crippen molar-refractivity contribution in [2.24, 2.45) is 0 Å². The molecule has 0 atom stereocenters. The molecule has 0 aliphatic carbocycles. The van der Waals surface area contributed by atoms with Gasteiger partial charge in [0.1, 0.15) is 0 Å². The standard InChI is InChI=1S/C23H21N7/c1-2-17-9-11-18(12-10-17)21-19(16-30(27-21)20-7-4-3-5-8-20)15-25-22-26-23-24-13-6-14-29(23)28-22/h3-14,16H,2,15H2,1H3,(H,25,28). The van der Waals surface area contributed by atoms with Gasteiger partial charge in [0, 0.05) is 36.3 Å². The van der Waals surface area contributed by atoms with Gasteiger partial charge in [0.25, 0.3) is 5.78 Å². The van der Waals surface area contributed by atoms with Crippen molar-refractivity contribution in [3.63, 3.8) is 0 Å². The Balaban J connectivity index is 1.49. The number of para-hydroxylation sites is 1. The van der Waals surface area contributed by atoms with Crippen LogP contribution in [0.5, 0.6) is 0 Å². The molecule has 2 aromatic carbocycles. The van der Waals surface area contributed by atoms with Crippen LogP contribution in [0.3, 0.4) is 0 Å². The van der Waals surface area contributed by atoms with Crippen molar-refractivity contribution in [2.75, 3.05) is 5.32 Å². The largest absolute Gasteiger partial charge is 0.349 e. The molecular weight excluding hydrogens is 374 g/mol. The zero-order valence-corrected chi connectivity index (χ0v) is 16.6. The molecule has 3 heterocycles. The summed E-state index contributed by atoms with van der Waals surface area (Å²) in [6.07, 6.45) is 6.60. The lowest BCUT2D eigenvalue weighted by molar-refractivity contribution is 0.883. The van der Waals surface area contributed by atoms with E-state index in [1.807, 2.05) is 47.3 Å². The van der Waals surface area contributed by atoms with Crippen molar-refractivity contribution in [1.82, 2.24) is 29.4 Å². The number of hydrogen-bond donors (Lipinski definition) is 1. The van der Waals surface area contributed by atoms with Crippen LogP contribution >= 0.6 is 0 Å². The van der Waals surface area contributed by atoms with Crippen molar-refractivity contribution in [3.8, 4) is 16.9 Å². The SMILES string of the molecule is CCc1ccc(-c2nn(-c3ccccc3)cc2CNc2nc3ncccn3n2)cc1. The van der Waals surface area contributed by atoms with Crippen LogP contribution in [-0.2, 0) is 13.0 Å². The summed E-state index contributed by atoms with van der Waals surface area (Å²) in [4.78, 5) is 8.64. The average Bonchev–Trinajstić information content (AvgIpc) is 3.42. The third-order valence-electron chi connectivity index (χ3n) is 5.00. The second-order valence-corrected chi connectivity index (χ2v) is 6.99. The molecule has 5 rings (SSSR count). The van der Waals surface area contributed by atoms with Gasteiger partial charge < -0.3 is 5.32 Å². The molecule has 0 saturated carbocycles. The predicted octanol–water partition coefficient (Wildman–Crippen LogP) is 4.15. The summed E-state index contributed by atoms with van der Waals surface area (Å²) in [5, 5.41) is 12.6. The Morgan fingerprint density at radius 1 is 0.933 bits per heavy atom. The molecule has 148 valence electrons. The van der Waals surface area contributed by atoms with Crippen LogP contribution in [0.2, 0.25) is 0 Å². The van der Waals surface area contributed by atoms with Gasteiger partial charge in [-0.2, -0.15) is 10.1 Å². The number of aromatic nitrogens is 6. The van der Waals surface area contributed by atoms with Crippen molar-refractivity contribution in [1.29, 1.82) is 0 Å². The van der Waals surface area contributed by atoms with E-state index in [-0.39, 0.29) is 0 Å². The molecular formula is C23H21N7. The van der Waals surface area contributed by atoms with Crippen LogP contribution in [0.1, 0.15) is 18.1 Å². The number of aryl methyl sites for hydroxylation is 1. The fourth-order valence-electron chi connectivity index (χ4n) is 3.38. The highest BCUT2D eigenvalue weighted by molar-refractivity contribution is 5.64. The van der Waals surface area contributed by atoms with E-state index in [0.29, 0.717) is 18.3 Å². The Labute approximate surface area is 174 Å². The summed E-state index contributed by atoms with van der Waals surface area (Å²) in [6, 6.07) is 20.5. The zero-order chi connectivity index (χ0) is 20.3. The lowest BCUT2D eigenvalue weighted by atomic mass is 10.1. The van der Waals surface area contributed by atoms with Crippen molar-refractivity contribution >= 4 is 11.7 Å². The molecule has 0 aliphatic rings. The normalized spacial score (nSPS) is 11.1. The molecule has 1 N–H and O–H groups in total. The summed E-state index contributed by atoms with van der Waals surface area (Å²) in [6.45, 7) is 2.71. The highest BCUT2D eigenvalue weighted by Gasteiger charge is 2.13. The van der Waals surface area contributed by atoms with Crippen LogP contribution in [0, 0.1) is 0 Å². The van der Waals surface area contributed by atoms with Gasteiger partial charge in [-0.3, -0.25) is 0 Å². The maximum absolute atomic E-state index is 4.88. The molecule has 0 fully saturated rings. The molecule has 5 aromatic rings. The van der Waals surface area contributed by atoms with Gasteiger partial charge >= 0.3 is 0 Å². The van der Waals surface area contributed by atoms with Crippen LogP contribution in [0.25, 0.3) is 22.7 Å². The van der Waals surface area contributed by atoms with Crippen molar-refractivity contribution < 1.29 is 0 Å². The lowest BCUT2D eigenvalue weighted by Crippen LogP contribution is -2.02. The minimum atomic E-state index is 0.536. The van der Waals surface area contributed by atoms with Gasteiger partial charge in [0.05, 0.1) is 11.4 Å². The molecule has 7 heteroatoms. The molecule has 0 saturated heterocycles. The summed E-state index contributed by atoms with van der Waals surface area (Å²) in [5.41, 5.74) is 5.42. The minimum Gasteiger partial charge on any atom is -0.349 e. The van der Waals surface area contributed by atoms with Gasteiger partial charge in [0.2, 0.25) is 5.95 Å². The number of nitrogens with one attached hydrogen (secondary N) is 1. The van der Waals surface area contributed by atoms with E-state index in [0.717, 1.165) is 28.9 Å². The first kappa shape index (κ1) is 18.1. The minimum absolute atomic E-state index is 0.536. The Kier molecular flexibility index (Phi) is 4.69. The number of hydrogen-bond acceptors (Lipinski definition) is 5. The van der Waals surface area contributed by atoms with Gasteiger partial charge in [-0.05, 0) is 30.2 Å². The summed E-state index contributed by atoms with van der Waals surface area (Å²) < 4.78 is 3.57. The molecule has 30 heavy (non-hydrogen) atoms. The van der Waals surface area contributed by atoms with E-state index in [1.54, 1.807) is 10.7 Å². The maximum atomic E-state index is 4.88. The summed E-state index contributed by atoms with van der Waals surface area (Å²) >= 11 is 0. The average molecular weight is 395 g/mol. The van der Waals surface area contributed by atoms with Crippen LogP contribution in [0.15, 0.2) is 79.3 Å². The monoisotopic (exact) mass is 395 g/mol. The Hall–Kier alpha value is -4.00. The van der Waals surface area contributed by atoms with Gasteiger partial charge in [-0.1, -0.05) is 49.4 Å². The quantitative estimate of drug-likeness (QED) is 0.468. The smallest absolute Gasteiger partial charge is 0.253 e. The van der Waals surface area contributed by atoms with Gasteiger partial charge in [0.15, 0.2) is 0 Å². The first-order chi connectivity index (χ1) is 14.8. The first-order valence-electron chi connectivity index (χ1n) is 9.95.